The van der Waals surface area contributed by atoms with Crippen molar-refractivity contribution in [3.8, 4) is 0 Å². The van der Waals surface area contributed by atoms with Crippen molar-refractivity contribution < 1.29 is 31.9 Å². The SMILES string of the molecule is CCOCc1c(C(=O)OCC(=O)N[C@@H]2CCS(=O)(=O)C2)oc2ccccc12. The molecule has 1 saturated heterocycles. The van der Waals surface area contributed by atoms with Crippen LogP contribution >= 0.6 is 0 Å². The van der Waals surface area contributed by atoms with Crippen molar-refractivity contribution in [3.63, 3.8) is 0 Å². The van der Waals surface area contributed by atoms with E-state index in [1.165, 1.54) is 0 Å². The minimum atomic E-state index is -3.10. The Bertz CT molecular complexity index is 948. The molecule has 1 aliphatic heterocycles. The van der Waals surface area contributed by atoms with Crippen LogP contribution < -0.4 is 5.32 Å². The van der Waals surface area contributed by atoms with E-state index in [4.69, 9.17) is 13.9 Å². The Morgan fingerprint density at radius 1 is 1.30 bits per heavy atom. The maximum absolute atomic E-state index is 12.4. The van der Waals surface area contributed by atoms with Gasteiger partial charge in [0.15, 0.2) is 16.4 Å². The molecule has 146 valence electrons. The lowest BCUT2D eigenvalue weighted by Gasteiger charge is -2.11. The molecule has 0 bridgehead atoms. The fourth-order valence-corrected chi connectivity index (χ4v) is 4.66. The van der Waals surface area contributed by atoms with E-state index in [-0.39, 0.29) is 23.9 Å². The predicted octanol–water partition coefficient (Wildman–Crippen LogP) is 1.43. The van der Waals surface area contributed by atoms with Gasteiger partial charge in [0.2, 0.25) is 5.76 Å². The Morgan fingerprint density at radius 3 is 2.78 bits per heavy atom. The number of rotatable bonds is 7. The van der Waals surface area contributed by atoms with Gasteiger partial charge in [0.25, 0.3) is 5.91 Å². The highest BCUT2D eigenvalue weighted by molar-refractivity contribution is 7.91. The molecule has 27 heavy (non-hydrogen) atoms. The average Bonchev–Trinajstić information content (AvgIpc) is 3.17. The van der Waals surface area contributed by atoms with E-state index in [1.54, 1.807) is 12.1 Å². The maximum atomic E-state index is 12.4. The smallest absolute Gasteiger partial charge is 0.375 e. The number of fused-ring (bicyclic) bond motifs is 1. The quantitative estimate of drug-likeness (QED) is 0.706. The third-order valence-electron chi connectivity index (χ3n) is 4.27. The van der Waals surface area contributed by atoms with Crippen LogP contribution in [0.3, 0.4) is 0 Å². The fraction of sp³-hybridized carbons (Fsp3) is 0.444. The van der Waals surface area contributed by atoms with Crippen LogP contribution in [0.1, 0.15) is 29.5 Å². The van der Waals surface area contributed by atoms with Crippen LogP contribution in [0, 0.1) is 0 Å². The Kier molecular flexibility index (Phi) is 5.81. The minimum absolute atomic E-state index is 0.000828. The van der Waals surface area contributed by atoms with E-state index in [1.807, 2.05) is 19.1 Å². The molecule has 2 aromatic rings. The zero-order chi connectivity index (χ0) is 19.4. The lowest BCUT2D eigenvalue weighted by Crippen LogP contribution is -2.38. The van der Waals surface area contributed by atoms with E-state index in [2.05, 4.69) is 5.32 Å². The largest absolute Gasteiger partial charge is 0.450 e. The highest BCUT2D eigenvalue weighted by Crippen LogP contribution is 2.27. The molecule has 8 nitrogen and oxygen atoms in total. The second-order valence-electron chi connectivity index (χ2n) is 6.29. The second-order valence-corrected chi connectivity index (χ2v) is 8.52. The number of amides is 1. The lowest BCUT2D eigenvalue weighted by atomic mass is 10.1. The molecule has 0 aliphatic carbocycles. The highest BCUT2D eigenvalue weighted by atomic mass is 32.2. The zero-order valence-electron chi connectivity index (χ0n) is 14.9. The molecule has 1 fully saturated rings. The standard InChI is InChI=1S/C18H21NO7S/c1-2-24-9-14-13-5-3-4-6-15(13)26-17(14)18(21)25-10-16(20)19-12-7-8-27(22,23)11-12/h3-6,12H,2,7-11H2,1H3,(H,19,20)/t12-/m1/s1. The molecule has 1 amide bonds. The number of ether oxygens (including phenoxy) is 2. The number of hydrogen-bond acceptors (Lipinski definition) is 7. The number of benzene rings is 1. The summed E-state index contributed by atoms with van der Waals surface area (Å²) in [6.07, 6.45) is 0.365. The number of para-hydroxylation sites is 1. The molecular formula is C18H21NO7S. The van der Waals surface area contributed by atoms with Crippen LogP contribution in [0.2, 0.25) is 0 Å². The summed E-state index contributed by atoms with van der Waals surface area (Å²) in [6, 6.07) is 6.72. The molecule has 0 saturated carbocycles. The summed E-state index contributed by atoms with van der Waals surface area (Å²) in [6.45, 7) is 1.99. The van der Waals surface area contributed by atoms with Crippen molar-refractivity contribution >= 4 is 32.7 Å². The van der Waals surface area contributed by atoms with Gasteiger partial charge in [0.05, 0.1) is 18.1 Å². The van der Waals surface area contributed by atoms with E-state index in [0.29, 0.717) is 24.2 Å². The summed E-state index contributed by atoms with van der Waals surface area (Å²) in [5.41, 5.74) is 1.10. The summed E-state index contributed by atoms with van der Waals surface area (Å²) in [5.74, 6) is -1.35. The molecule has 0 unspecified atom stereocenters. The number of carbonyl (C=O) groups is 2. The van der Waals surface area contributed by atoms with E-state index in [9.17, 15) is 18.0 Å². The lowest BCUT2D eigenvalue weighted by molar-refractivity contribution is -0.124. The van der Waals surface area contributed by atoms with Gasteiger partial charge in [-0.15, -0.1) is 0 Å². The third-order valence-corrected chi connectivity index (χ3v) is 6.03. The number of carbonyl (C=O) groups excluding carboxylic acids is 2. The fourth-order valence-electron chi connectivity index (χ4n) is 2.99. The van der Waals surface area contributed by atoms with Gasteiger partial charge >= 0.3 is 5.97 Å². The van der Waals surface area contributed by atoms with Crippen LogP contribution in [0.5, 0.6) is 0 Å². The summed E-state index contributed by atoms with van der Waals surface area (Å²) >= 11 is 0. The van der Waals surface area contributed by atoms with Crippen molar-refractivity contribution in [3.05, 3.63) is 35.6 Å². The molecule has 0 spiro atoms. The number of esters is 1. The molecular weight excluding hydrogens is 374 g/mol. The normalized spacial score (nSPS) is 18.5. The van der Waals surface area contributed by atoms with Crippen LogP contribution in [0.25, 0.3) is 11.0 Å². The van der Waals surface area contributed by atoms with Gasteiger partial charge in [-0.05, 0) is 19.4 Å². The Balaban J connectivity index is 1.64. The highest BCUT2D eigenvalue weighted by Gasteiger charge is 2.29. The number of sulfone groups is 1. The Morgan fingerprint density at radius 2 is 2.07 bits per heavy atom. The maximum Gasteiger partial charge on any atom is 0.375 e. The molecule has 1 N–H and O–H groups in total. The van der Waals surface area contributed by atoms with Gasteiger partial charge in [-0.1, -0.05) is 18.2 Å². The molecule has 1 aliphatic rings. The number of furan rings is 1. The first kappa shape index (κ1) is 19.4. The third kappa shape index (κ3) is 4.67. The topological polar surface area (TPSA) is 112 Å². The van der Waals surface area contributed by atoms with Crippen molar-refractivity contribution in [2.24, 2.45) is 0 Å². The first-order valence-electron chi connectivity index (χ1n) is 8.64. The first-order valence-corrected chi connectivity index (χ1v) is 10.5. The Labute approximate surface area is 156 Å². The number of hydrogen-bond donors (Lipinski definition) is 1. The minimum Gasteiger partial charge on any atom is -0.450 e. The van der Waals surface area contributed by atoms with Gasteiger partial charge in [-0.2, -0.15) is 0 Å². The van der Waals surface area contributed by atoms with Gasteiger partial charge in [-0.25, -0.2) is 13.2 Å². The van der Waals surface area contributed by atoms with Gasteiger partial charge in [-0.3, -0.25) is 4.79 Å². The van der Waals surface area contributed by atoms with Crippen LogP contribution in [-0.4, -0.2) is 51.1 Å². The summed E-state index contributed by atoms with van der Waals surface area (Å²) in [5, 5.41) is 3.31. The summed E-state index contributed by atoms with van der Waals surface area (Å²) in [4.78, 5) is 24.3. The number of nitrogens with one attached hydrogen (secondary N) is 1. The van der Waals surface area contributed by atoms with Gasteiger partial charge in [0, 0.05) is 23.6 Å². The zero-order valence-corrected chi connectivity index (χ0v) is 15.7. The van der Waals surface area contributed by atoms with Gasteiger partial charge in [0.1, 0.15) is 5.58 Å². The van der Waals surface area contributed by atoms with Crippen molar-refractivity contribution in [1.82, 2.24) is 5.32 Å². The molecule has 1 aromatic carbocycles. The molecule has 2 heterocycles. The van der Waals surface area contributed by atoms with Crippen molar-refractivity contribution in [2.45, 2.75) is 26.0 Å². The van der Waals surface area contributed by atoms with Gasteiger partial charge < -0.3 is 19.2 Å². The molecule has 1 aromatic heterocycles. The van der Waals surface area contributed by atoms with Crippen molar-refractivity contribution in [2.75, 3.05) is 24.7 Å². The molecule has 0 radical (unpaired) electrons. The molecule has 9 heteroatoms. The first-order chi connectivity index (χ1) is 12.9. The monoisotopic (exact) mass is 395 g/mol. The second kappa shape index (κ2) is 8.10. The van der Waals surface area contributed by atoms with Crippen LogP contribution in [-0.2, 0) is 30.7 Å². The van der Waals surface area contributed by atoms with E-state index in [0.717, 1.165) is 5.39 Å². The summed E-state index contributed by atoms with van der Waals surface area (Å²) in [7, 11) is -3.10. The van der Waals surface area contributed by atoms with E-state index < -0.39 is 34.4 Å². The van der Waals surface area contributed by atoms with Crippen molar-refractivity contribution in [1.29, 1.82) is 0 Å². The van der Waals surface area contributed by atoms with E-state index >= 15 is 0 Å². The average molecular weight is 395 g/mol. The molecule has 1 atom stereocenters. The van der Waals surface area contributed by atoms with Crippen LogP contribution in [0.15, 0.2) is 28.7 Å². The Hall–Kier alpha value is -2.39. The summed E-state index contributed by atoms with van der Waals surface area (Å²) < 4.78 is 38.9. The molecule has 3 rings (SSSR count). The predicted molar refractivity (Wildman–Crippen MR) is 97.0 cm³/mol. The van der Waals surface area contributed by atoms with Crippen LogP contribution in [0.4, 0.5) is 0 Å².